The number of esters is 1. The highest BCUT2D eigenvalue weighted by atomic mass is 35.5. The molecule has 3 aromatic carbocycles. The van der Waals surface area contributed by atoms with Gasteiger partial charge in [0, 0.05) is 34.0 Å². The van der Waals surface area contributed by atoms with Crippen LogP contribution in [0.3, 0.4) is 0 Å². The van der Waals surface area contributed by atoms with Crippen molar-refractivity contribution in [2.75, 3.05) is 7.11 Å². The maximum atomic E-state index is 13.8. The highest BCUT2D eigenvalue weighted by Crippen LogP contribution is 2.47. The van der Waals surface area contributed by atoms with Gasteiger partial charge in [-0.05, 0) is 48.6 Å². The lowest BCUT2D eigenvalue weighted by atomic mass is 9.71. The maximum absolute atomic E-state index is 13.8. The summed E-state index contributed by atoms with van der Waals surface area (Å²) in [6.07, 6.45) is 0.997. The third-order valence-electron chi connectivity index (χ3n) is 7.04. The molecular formula is C31H28ClNO4. The van der Waals surface area contributed by atoms with Crippen LogP contribution in [0.15, 0.2) is 101 Å². The first-order valence-corrected chi connectivity index (χ1v) is 12.7. The van der Waals surface area contributed by atoms with Crippen molar-refractivity contribution in [3.05, 3.63) is 123 Å². The van der Waals surface area contributed by atoms with Crippen molar-refractivity contribution in [1.82, 2.24) is 5.32 Å². The van der Waals surface area contributed by atoms with Crippen LogP contribution in [-0.2, 0) is 20.9 Å². The molecule has 0 amide bonds. The van der Waals surface area contributed by atoms with Crippen LogP contribution in [0.2, 0.25) is 5.02 Å². The summed E-state index contributed by atoms with van der Waals surface area (Å²) in [6.45, 7) is 2.23. The Bertz CT molecular complexity index is 1390. The first-order chi connectivity index (χ1) is 18.0. The number of hydrogen-bond acceptors (Lipinski definition) is 5. The number of Topliss-reactive ketones (excluding diaryl/α,β-unsaturated/α-hetero) is 1. The van der Waals surface area contributed by atoms with Crippen molar-refractivity contribution in [3.8, 4) is 5.75 Å². The Labute approximate surface area is 221 Å². The molecule has 5 nitrogen and oxygen atoms in total. The van der Waals surface area contributed by atoms with E-state index in [0.717, 1.165) is 22.4 Å². The van der Waals surface area contributed by atoms with E-state index in [-0.39, 0.29) is 11.7 Å². The normalized spacial score (nSPS) is 19.3. The van der Waals surface area contributed by atoms with Crippen LogP contribution in [0.1, 0.15) is 48.3 Å². The molecule has 3 aromatic rings. The summed E-state index contributed by atoms with van der Waals surface area (Å²) in [5.74, 6) is -0.396. The fourth-order valence-electron chi connectivity index (χ4n) is 5.29. The molecule has 0 saturated carbocycles. The van der Waals surface area contributed by atoms with E-state index in [1.807, 2.05) is 85.8 Å². The van der Waals surface area contributed by atoms with Gasteiger partial charge in [-0.3, -0.25) is 4.79 Å². The number of halogens is 1. The molecule has 1 N–H and O–H groups in total. The first kappa shape index (κ1) is 24.8. The molecule has 2 atom stereocenters. The number of carbonyl (C=O) groups is 2. The molecule has 0 spiro atoms. The molecule has 188 valence electrons. The van der Waals surface area contributed by atoms with E-state index in [4.69, 9.17) is 21.1 Å². The summed E-state index contributed by atoms with van der Waals surface area (Å²) in [5, 5.41) is 4.04. The number of carbonyl (C=O) groups excluding carboxylic acids is 2. The van der Waals surface area contributed by atoms with E-state index < -0.39 is 11.9 Å². The number of ketones is 1. The third-order valence-corrected chi connectivity index (χ3v) is 7.29. The molecule has 0 bridgehead atoms. The largest absolute Gasteiger partial charge is 0.489 e. The Morgan fingerprint density at radius 1 is 0.973 bits per heavy atom. The number of para-hydroxylation sites is 1. The van der Waals surface area contributed by atoms with Crippen LogP contribution in [0, 0.1) is 0 Å². The monoisotopic (exact) mass is 513 g/mol. The zero-order valence-electron chi connectivity index (χ0n) is 20.8. The van der Waals surface area contributed by atoms with Crippen LogP contribution in [-0.4, -0.2) is 18.9 Å². The van der Waals surface area contributed by atoms with E-state index in [0.29, 0.717) is 47.1 Å². The standard InChI is InChI=1S/C31H28ClNO4/c1-19-28(31(35)36-2)29(24-10-6-7-11-27(24)37-18-20-8-4-3-5-9-20)30-25(33-19)16-22(17-26(30)34)21-12-14-23(32)15-13-21/h3-15,22,29,33H,16-18H2,1-2H3/t22-,29-/m1/s1. The smallest absolute Gasteiger partial charge is 0.336 e. The number of nitrogens with one attached hydrogen (secondary N) is 1. The lowest BCUT2D eigenvalue weighted by Gasteiger charge is -2.37. The minimum Gasteiger partial charge on any atom is -0.489 e. The van der Waals surface area contributed by atoms with Crippen molar-refractivity contribution in [1.29, 1.82) is 0 Å². The van der Waals surface area contributed by atoms with Gasteiger partial charge >= 0.3 is 5.97 Å². The lowest BCUT2D eigenvalue weighted by molar-refractivity contribution is -0.136. The Kier molecular flexibility index (Phi) is 7.15. The Morgan fingerprint density at radius 2 is 1.68 bits per heavy atom. The van der Waals surface area contributed by atoms with Gasteiger partial charge < -0.3 is 14.8 Å². The Morgan fingerprint density at radius 3 is 2.41 bits per heavy atom. The van der Waals surface area contributed by atoms with Gasteiger partial charge in [-0.25, -0.2) is 4.79 Å². The fraction of sp³-hybridized carbons (Fsp3) is 0.226. The minimum atomic E-state index is -0.589. The Hall–Kier alpha value is -3.83. The second-order valence-corrected chi connectivity index (χ2v) is 9.81. The third kappa shape index (κ3) is 5.05. The van der Waals surface area contributed by atoms with Crippen molar-refractivity contribution in [2.45, 2.75) is 38.2 Å². The summed E-state index contributed by atoms with van der Waals surface area (Å²) < 4.78 is 11.4. The number of rotatable bonds is 6. The van der Waals surface area contributed by atoms with Crippen LogP contribution in [0.5, 0.6) is 5.75 Å². The van der Waals surface area contributed by atoms with Crippen LogP contribution in [0.25, 0.3) is 0 Å². The highest BCUT2D eigenvalue weighted by molar-refractivity contribution is 6.30. The molecule has 0 saturated heterocycles. The van der Waals surface area contributed by atoms with Crippen molar-refractivity contribution < 1.29 is 19.1 Å². The number of dihydropyridines is 1. The van der Waals surface area contributed by atoms with Gasteiger partial charge in [-0.15, -0.1) is 0 Å². The van der Waals surface area contributed by atoms with Gasteiger partial charge in [0.05, 0.1) is 18.6 Å². The molecule has 1 aliphatic carbocycles. The van der Waals surface area contributed by atoms with E-state index in [9.17, 15) is 9.59 Å². The molecule has 0 radical (unpaired) electrons. The van der Waals surface area contributed by atoms with E-state index in [1.165, 1.54) is 7.11 Å². The first-order valence-electron chi connectivity index (χ1n) is 12.3. The highest BCUT2D eigenvalue weighted by Gasteiger charge is 2.42. The SMILES string of the molecule is COC(=O)C1=C(C)NC2=C(C(=O)C[C@H](c3ccc(Cl)cc3)C2)[C@@H]1c1ccccc1OCc1ccccc1. The van der Waals surface area contributed by atoms with Crippen molar-refractivity contribution in [2.24, 2.45) is 0 Å². The van der Waals surface area contributed by atoms with Gasteiger partial charge in [0.15, 0.2) is 5.78 Å². The van der Waals surface area contributed by atoms with Gasteiger partial charge in [0.1, 0.15) is 12.4 Å². The maximum Gasteiger partial charge on any atom is 0.336 e. The predicted octanol–water partition coefficient (Wildman–Crippen LogP) is 6.45. The van der Waals surface area contributed by atoms with Crippen molar-refractivity contribution >= 4 is 23.4 Å². The molecule has 6 heteroatoms. The van der Waals surface area contributed by atoms with Gasteiger partial charge in [0.25, 0.3) is 0 Å². The van der Waals surface area contributed by atoms with Crippen LogP contribution >= 0.6 is 11.6 Å². The molecular weight excluding hydrogens is 486 g/mol. The summed E-state index contributed by atoms with van der Waals surface area (Å²) in [4.78, 5) is 26.8. The van der Waals surface area contributed by atoms with Crippen molar-refractivity contribution in [3.63, 3.8) is 0 Å². The topological polar surface area (TPSA) is 64.6 Å². The number of benzene rings is 3. The number of methoxy groups -OCH3 is 1. The molecule has 0 fully saturated rings. The lowest BCUT2D eigenvalue weighted by Crippen LogP contribution is -2.36. The molecule has 2 aliphatic rings. The van der Waals surface area contributed by atoms with E-state index in [1.54, 1.807) is 0 Å². The van der Waals surface area contributed by atoms with Crippen LogP contribution < -0.4 is 10.1 Å². The Balaban J connectivity index is 1.56. The molecule has 37 heavy (non-hydrogen) atoms. The molecule has 0 unspecified atom stereocenters. The quantitative estimate of drug-likeness (QED) is 0.383. The zero-order valence-corrected chi connectivity index (χ0v) is 21.5. The molecule has 1 aliphatic heterocycles. The second-order valence-electron chi connectivity index (χ2n) is 9.37. The number of hydrogen-bond donors (Lipinski definition) is 1. The average Bonchev–Trinajstić information content (AvgIpc) is 2.92. The van der Waals surface area contributed by atoms with Gasteiger partial charge in [-0.1, -0.05) is 72.3 Å². The second kappa shape index (κ2) is 10.7. The molecule has 1 heterocycles. The summed E-state index contributed by atoms with van der Waals surface area (Å²) in [6, 6.07) is 25.1. The van der Waals surface area contributed by atoms with E-state index in [2.05, 4.69) is 5.32 Å². The van der Waals surface area contributed by atoms with Gasteiger partial charge in [0.2, 0.25) is 0 Å². The number of ether oxygens (including phenoxy) is 2. The predicted molar refractivity (Wildman–Crippen MR) is 143 cm³/mol. The van der Waals surface area contributed by atoms with E-state index >= 15 is 0 Å². The van der Waals surface area contributed by atoms with Gasteiger partial charge in [-0.2, -0.15) is 0 Å². The zero-order chi connectivity index (χ0) is 25.9. The minimum absolute atomic E-state index is 0.00506. The summed E-state index contributed by atoms with van der Waals surface area (Å²) in [5.41, 5.74) is 5.41. The molecule has 5 rings (SSSR count). The fourth-order valence-corrected chi connectivity index (χ4v) is 5.41. The summed E-state index contributed by atoms with van der Waals surface area (Å²) in [7, 11) is 1.36. The summed E-state index contributed by atoms with van der Waals surface area (Å²) >= 11 is 6.08. The number of allylic oxidation sites excluding steroid dienone is 3. The average molecular weight is 514 g/mol. The van der Waals surface area contributed by atoms with Crippen LogP contribution in [0.4, 0.5) is 0 Å². The molecule has 0 aromatic heterocycles.